The van der Waals surface area contributed by atoms with Crippen molar-refractivity contribution >= 4 is 35.0 Å². The lowest BCUT2D eigenvalue weighted by Crippen LogP contribution is -2.41. The van der Waals surface area contributed by atoms with E-state index in [1.54, 1.807) is 0 Å². The Morgan fingerprint density at radius 2 is 1.81 bits per heavy atom. The predicted octanol–water partition coefficient (Wildman–Crippen LogP) is 0.617. The minimum absolute atomic E-state index is 0. The number of fused-ring (bicyclic) bond motifs is 1. The minimum Gasteiger partial charge on any atom is -0.391 e. The van der Waals surface area contributed by atoms with E-state index in [1.165, 1.54) is 0 Å². The summed E-state index contributed by atoms with van der Waals surface area (Å²) in [5.41, 5.74) is 0.941. The lowest BCUT2D eigenvalue weighted by atomic mass is 10.0. The van der Waals surface area contributed by atoms with Crippen LogP contribution in [0.3, 0.4) is 0 Å². The van der Waals surface area contributed by atoms with E-state index in [1.807, 2.05) is 42.5 Å². The van der Waals surface area contributed by atoms with E-state index in [9.17, 15) is 14.7 Å². The van der Waals surface area contributed by atoms with Gasteiger partial charge in [-0.2, -0.15) is 0 Å². The van der Waals surface area contributed by atoms with Crippen LogP contribution in [0, 0.1) is 5.92 Å². The van der Waals surface area contributed by atoms with Crippen LogP contribution in [0.2, 0.25) is 0 Å². The van der Waals surface area contributed by atoms with Crippen LogP contribution < -0.4 is 16.0 Å². The first-order valence-corrected chi connectivity index (χ1v) is 8.52. The SMILES string of the molecule is Cl.O=C(CNC(=O)Cc1cccc2ccccc12)NCC1CNCC1O. The number of rotatable bonds is 6. The van der Waals surface area contributed by atoms with Gasteiger partial charge in [0.2, 0.25) is 11.8 Å². The van der Waals surface area contributed by atoms with E-state index in [2.05, 4.69) is 16.0 Å². The molecule has 2 aromatic rings. The van der Waals surface area contributed by atoms with Crippen molar-refractivity contribution in [3.63, 3.8) is 0 Å². The average Bonchev–Trinajstić information content (AvgIpc) is 3.03. The number of nitrogens with one attached hydrogen (secondary N) is 3. The normalized spacial score (nSPS) is 19.0. The molecular formula is C19H24ClN3O3. The molecular weight excluding hydrogens is 354 g/mol. The first kappa shape index (κ1) is 20.2. The number of hydrogen-bond donors (Lipinski definition) is 4. The largest absolute Gasteiger partial charge is 0.391 e. The molecule has 0 radical (unpaired) electrons. The lowest BCUT2D eigenvalue weighted by molar-refractivity contribution is -0.125. The van der Waals surface area contributed by atoms with E-state index in [0.717, 1.165) is 16.3 Å². The Morgan fingerprint density at radius 3 is 2.58 bits per heavy atom. The predicted molar refractivity (Wildman–Crippen MR) is 103 cm³/mol. The summed E-state index contributed by atoms with van der Waals surface area (Å²) in [5, 5.41) is 20.3. The Balaban J connectivity index is 0.00000243. The van der Waals surface area contributed by atoms with Crippen molar-refractivity contribution in [2.45, 2.75) is 12.5 Å². The van der Waals surface area contributed by atoms with Crippen LogP contribution >= 0.6 is 12.4 Å². The van der Waals surface area contributed by atoms with E-state index in [-0.39, 0.29) is 43.1 Å². The maximum atomic E-state index is 12.1. The summed E-state index contributed by atoms with van der Waals surface area (Å²) >= 11 is 0. The van der Waals surface area contributed by atoms with Gasteiger partial charge >= 0.3 is 0 Å². The number of amides is 2. The molecule has 4 N–H and O–H groups in total. The molecule has 7 heteroatoms. The van der Waals surface area contributed by atoms with Gasteiger partial charge in [-0.15, -0.1) is 12.4 Å². The van der Waals surface area contributed by atoms with Gasteiger partial charge in [-0.05, 0) is 16.3 Å². The molecule has 0 bridgehead atoms. The summed E-state index contributed by atoms with van der Waals surface area (Å²) in [6.07, 6.45) is -0.193. The van der Waals surface area contributed by atoms with E-state index >= 15 is 0 Å². The molecule has 3 rings (SSSR count). The Hall–Kier alpha value is -2.15. The van der Waals surface area contributed by atoms with Crippen molar-refractivity contribution in [2.24, 2.45) is 5.92 Å². The molecule has 2 atom stereocenters. The molecule has 6 nitrogen and oxygen atoms in total. The van der Waals surface area contributed by atoms with Crippen molar-refractivity contribution in [1.82, 2.24) is 16.0 Å². The highest BCUT2D eigenvalue weighted by atomic mass is 35.5. The fourth-order valence-corrected chi connectivity index (χ4v) is 3.10. The molecule has 1 heterocycles. The van der Waals surface area contributed by atoms with Crippen LogP contribution in [0.25, 0.3) is 10.8 Å². The second kappa shape index (κ2) is 9.52. The number of benzene rings is 2. The van der Waals surface area contributed by atoms with Gasteiger partial charge in [0.25, 0.3) is 0 Å². The maximum absolute atomic E-state index is 12.1. The van der Waals surface area contributed by atoms with Crippen LogP contribution in [-0.2, 0) is 16.0 Å². The van der Waals surface area contributed by atoms with E-state index < -0.39 is 6.10 Å². The molecule has 1 fully saturated rings. The molecule has 0 saturated carbocycles. The number of aliphatic hydroxyl groups is 1. The maximum Gasteiger partial charge on any atom is 0.239 e. The van der Waals surface area contributed by atoms with E-state index in [0.29, 0.717) is 19.6 Å². The lowest BCUT2D eigenvalue weighted by Gasteiger charge is -2.14. The van der Waals surface area contributed by atoms with Gasteiger partial charge in [0, 0.05) is 25.6 Å². The van der Waals surface area contributed by atoms with E-state index in [4.69, 9.17) is 0 Å². The molecule has 26 heavy (non-hydrogen) atoms. The van der Waals surface area contributed by atoms with Crippen LogP contribution in [0.5, 0.6) is 0 Å². The molecule has 1 aliphatic rings. The Labute approximate surface area is 158 Å². The van der Waals surface area contributed by atoms with Gasteiger partial charge in [-0.1, -0.05) is 42.5 Å². The highest BCUT2D eigenvalue weighted by molar-refractivity contribution is 5.91. The van der Waals surface area contributed by atoms with Gasteiger partial charge in [-0.25, -0.2) is 0 Å². The zero-order valence-electron chi connectivity index (χ0n) is 14.4. The fraction of sp³-hybridized carbons (Fsp3) is 0.368. The summed E-state index contributed by atoms with van der Waals surface area (Å²) < 4.78 is 0. The number of carbonyl (C=O) groups is 2. The first-order chi connectivity index (χ1) is 12.1. The topological polar surface area (TPSA) is 90.5 Å². The highest BCUT2D eigenvalue weighted by Crippen LogP contribution is 2.18. The summed E-state index contributed by atoms with van der Waals surface area (Å²) in [7, 11) is 0. The Kier molecular flexibility index (Phi) is 7.38. The second-order valence-electron chi connectivity index (χ2n) is 6.38. The third-order valence-corrected chi connectivity index (χ3v) is 4.54. The number of hydrogen-bond acceptors (Lipinski definition) is 4. The number of β-amino-alcohol motifs (C(OH)–C–C–N with tert-alkyl or cyclic N) is 1. The molecule has 2 unspecified atom stereocenters. The molecule has 0 aromatic heterocycles. The van der Waals surface area contributed by atoms with Crippen LogP contribution in [0.1, 0.15) is 5.56 Å². The zero-order chi connectivity index (χ0) is 17.6. The van der Waals surface area contributed by atoms with Crippen molar-refractivity contribution in [3.8, 4) is 0 Å². The van der Waals surface area contributed by atoms with Crippen LogP contribution in [0.15, 0.2) is 42.5 Å². The summed E-state index contributed by atoms with van der Waals surface area (Å²) in [6.45, 7) is 1.60. The number of aliphatic hydroxyl groups excluding tert-OH is 1. The quantitative estimate of drug-likeness (QED) is 0.594. The Morgan fingerprint density at radius 1 is 1.04 bits per heavy atom. The molecule has 140 valence electrons. The minimum atomic E-state index is -0.429. The van der Waals surface area contributed by atoms with Crippen LogP contribution in [0.4, 0.5) is 0 Å². The molecule has 1 aliphatic heterocycles. The summed E-state index contributed by atoms with van der Waals surface area (Å²) in [6, 6.07) is 13.8. The summed E-state index contributed by atoms with van der Waals surface area (Å²) in [5.74, 6) is -0.408. The van der Waals surface area contributed by atoms with Crippen LogP contribution in [-0.4, -0.2) is 49.2 Å². The van der Waals surface area contributed by atoms with Crippen molar-refractivity contribution in [3.05, 3.63) is 48.0 Å². The van der Waals surface area contributed by atoms with Crippen molar-refractivity contribution in [1.29, 1.82) is 0 Å². The average molecular weight is 378 g/mol. The molecule has 2 amide bonds. The number of carbonyl (C=O) groups excluding carboxylic acids is 2. The third-order valence-electron chi connectivity index (χ3n) is 4.54. The standard InChI is InChI=1S/C19H23N3O3.ClH/c23-17-11-20-9-15(17)10-21-19(25)12-22-18(24)8-14-6-3-5-13-4-1-2-7-16(13)14;/h1-7,15,17,20,23H,8-12H2,(H,21,25)(H,22,24);1H. The smallest absolute Gasteiger partial charge is 0.239 e. The third kappa shape index (κ3) is 5.17. The monoisotopic (exact) mass is 377 g/mol. The highest BCUT2D eigenvalue weighted by Gasteiger charge is 2.24. The second-order valence-corrected chi connectivity index (χ2v) is 6.38. The van der Waals surface area contributed by atoms with Gasteiger partial charge in [0.15, 0.2) is 0 Å². The Bertz CT molecular complexity index is 763. The van der Waals surface area contributed by atoms with Crippen molar-refractivity contribution in [2.75, 3.05) is 26.2 Å². The molecule has 1 saturated heterocycles. The van der Waals surface area contributed by atoms with Gasteiger partial charge in [-0.3, -0.25) is 9.59 Å². The summed E-state index contributed by atoms with van der Waals surface area (Å²) in [4.78, 5) is 24.0. The molecule has 0 aliphatic carbocycles. The first-order valence-electron chi connectivity index (χ1n) is 8.52. The fourth-order valence-electron chi connectivity index (χ4n) is 3.10. The molecule has 0 spiro atoms. The van der Waals surface area contributed by atoms with Gasteiger partial charge in [0.1, 0.15) is 0 Å². The van der Waals surface area contributed by atoms with Gasteiger partial charge < -0.3 is 21.1 Å². The van der Waals surface area contributed by atoms with Crippen molar-refractivity contribution < 1.29 is 14.7 Å². The molecule has 2 aromatic carbocycles. The van der Waals surface area contributed by atoms with Gasteiger partial charge in [0.05, 0.1) is 19.1 Å². The number of halogens is 1. The zero-order valence-corrected chi connectivity index (χ0v) is 15.2.